The topological polar surface area (TPSA) is 86.7 Å². The Morgan fingerprint density at radius 2 is 2.10 bits per heavy atom. The SMILES string of the molecule is CN1C(=O)SC(C2(O)C(=O)Nc3ccc(Cl)cc32)C1=O. The monoisotopic (exact) mass is 312 g/mol. The first kappa shape index (κ1) is 13.4. The van der Waals surface area contributed by atoms with Gasteiger partial charge in [0, 0.05) is 23.3 Å². The Kier molecular flexibility index (Phi) is 2.82. The molecule has 0 aliphatic carbocycles. The fourth-order valence-electron chi connectivity index (χ4n) is 2.30. The number of anilines is 1. The van der Waals surface area contributed by atoms with Crippen molar-refractivity contribution in [3.8, 4) is 0 Å². The summed E-state index contributed by atoms with van der Waals surface area (Å²) in [6.07, 6.45) is 0. The summed E-state index contributed by atoms with van der Waals surface area (Å²) in [5.74, 6) is -1.34. The van der Waals surface area contributed by atoms with Gasteiger partial charge in [-0.15, -0.1) is 0 Å². The van der Waals surface area contributed by atoms with E-state index in [9.17, 15) is 19.5 Å². The zero-order chi connectivity index (χ0) is 14.7. The Balaban J connectivity index is 2.14. The van der Waals surface area contributed by atoms with Gasteiger partial charge >= 0.3 is 0 Å². The molecule has 2 unspecified atom stereocenters. The van der Waals surface area contributed by atoms with Crippen LogP contribution in [0.25, 0.3) is 0 Å². The van der Waals surface area contributed by atoms with Crippen molar-refractivity contribution >= 4 is 46.1 Å². The quantitative estimate of drug-likeness (QED) is 0.813. The zero-order valence-corrected chi connectivity index (χ0v) is 11.8. The summed E-state index contributed by atoms with van der Waals surface area (Å²) in [7, 11) is 1.31. The van der Waals surface area contributed by atoms with E-state index in [1.165, 1.54) is 13.1 Å². The van der Waals surface area contributed by atoms with Crippen LogP contribution in [0.5, 0.6) is 0 Å². The Morgan fingerprint density at radius 3 is 2.70 bits per heavy atom. The summed E-state index contributed by atoms with van der Waals surface area (Å²) in [5, 5.41) is 11.9. The molecule has 0 aromatic heterocycles. The maximum absolute atomic E-state index is 12.1. The second kappa shape index (κ2) is 4.21. The average molecular weight is 313 g/mol. The van der Waals surface area contributed by atoms with E-state index in [4.69, 9.17) is 11.6 Å². The molecular weight excluding hydrogens is 304 g/mol. The highest BCUT2D eigenvalue weighted by atomic mass is 35.5. The van der Waals surface area contributed by atoms with E-state index in [-0.39, 0.29) is 5.56 Å². The highest BCUT2D eigenvalue weighted by molar-refractivity contribution is 8.15. The molecule has 6 nitrogen and oxygen atoms in total. The predicted molar refractivity (Wildman–Crippen MR) is 73.5 cm³/mol. The molecule has 2 aliphatic rings. The second-order valence-corrected chi connectivity index (χ2v) is 6.06. The standard InChI is InChI=1S/C12H9ClN2O4S/c1-15-9(16)8(20-11(15)18)12(19)6-4-5(13)2-3-7(6)14-10(12)17/h2-4,8,19H,1H3,(H,14,17). The fourth-order valence-corrected chi connectivity index (χ4v) is 3.59. The van der Waals surface area contributed by atoms with Gasteiger partial charge in [0.25, 0.3) is 11.1 Å². The molecule has 1 aromatic carbocycles. The third kappa shape index (κ3) is 1.60. The fraction of sp³-hybridized carbons (Fsp3) is 0.250. The van der Waals surface area contributed by atoms with Gasteiger partial charge in [0.1, 0.15) is 5.25 Å². The van der Waals surface area contributed by atoms with Crippen molar-refractivity contribution in [2.45, 2.75) is 10.9 Å². The molecule has 0 bridgehead atoms. The van der Waals surface area contributed by atoms with Gasteiger partial charge in [0.05, 0.1) is 0 Å². The van der Waals surface area contributed by atoms with E-state index in [1.807, 2.05) is 0 Å². The van der Waals surface area contributed by atoms with Crippen molar-refractivity contribution in [1.82, 2.24) is 4.90 Å². The summed E-state index contributed by atoms with van der Waals surface area (Å²) in [6, 6.07) is 4.53. The lowest BCUT2D eigenvalue weighted by molar-refractivity contribution is -0.141. The van der Waals surface area contributed by atoms with Gasteiger partial charge in [-0.25, -0.2) is 0 Å². The van der Waals surface area contributed by atoms with E-state index in [1.54, 1.807) is 12.1 Å². The zero-order valence-electron chi connectivity index (χ0n) is 10.2. The molecule has 2 heterocycles. The van der Waals surface area contributed by atoms with E-state index in [0.29, 0.717) is 22.5 Å². The number of aliphatic hydroxyl groups is 1. The predicted octanol–water partition coefficient (Wildman–Crippen LogP) is 1.17. The van der Waals surface area contributed by atoms with Crippen molar-refractivity contribution in [3.63, 3.8) is 0 Å². The number of hydrogen-bond donors (Lipinski definition) is 2. The summed E-state index contributed by atoms with van der Waals surface area (Å²) >= 11 is 6.51. The number of rotatable bonds is 1. The largest absolute Gasteiger partial charge is 0.374 e. The number of benzene rings is 1. The van der Waals surface area contributed by atoms with Crippen LogP contribution < -0.4 is 5.32 Å². The third-order valence-corrected chi connectivity index (χ3v) is 4.90. The summed E-state index contributed by atoms with van der Waals surface area (Å²) in [4.78, 5) is 36.6. The lowest BCUT2D eigenvalue weighted by atomic mass is 9.91. The molecule has 1 saturated heterocycles. The number of thioether (sulfide) groups is 1. The van der Waals surface area contributed by atoms with Gasteiger partial charge in [-0.3, -0.25) is 19.3 Å². The van der Waals surface area contributed by atoms with Gasteiger partial charge in [0.2, 0.25) is 5.91 Å². The van der Waals surface area contributed by atoms with Crippen LogP contribution in [0.3, 0.4) is 0 Å². The smallest absolute Gasteiger partial charge is 0.288 e. The first-order chi connectivity index (χ1) is 9.35. The highest BCUT2D eigenvalue weighted by Crippen LogP contribution is 2.46. The van der Waals surface area contributed by atoms with E-state index in [0.717, 1.165) is 4.90 Å². The van der Waals surface area contributed by atoms with Crippen LogP contribution in [0.1, 0.15) is 5.56 Å². The molecule has 3 amide bonds. The van der Waals surface area contributed by atoms with Crippen LogP contribution in [0.2, 0.25) is 5.02 Å². The van der Waals surface area contributed by atoms with Crippen molar-refractivity contribution in [3.05, 3.63) is 28.8 Å². The van der Waals surface area contributed by atoms with E-state index < -0.39 is 27.9 Å². The van der Waals surface area contributed by atoms with Crippen molar-refractivity contribution in [1.29, 1.82) is 0 Å². The normalized spacial score (nSPS) is 28.9. The van der Waals surface area contributed by atoms with Gasteiger partial charge in [-0.05, 0) is 30.0 Å². The number of carbonyl (C=O) groups is 3. The molecule has 2 aliphatic heterocycles. The summed E-state index contributed by atoms with van der Waals surface area (Å²) < 4.78 is 0. The number of fused-ring (bicyclic) bond motifs is 1. The molecule has 2 atom stereocenters. The maximum Gasteiger partial charge on any atom is 0.288 e. The van der Waals surface area contributed by atoms with E-state index in [2.05, 4.69) is 5.32 Å². The average Bonchev–Trinajstić information content (AvgIpc) is 2.81. The molecule has 2 N–H and O–H groups in total. The van der Waals surface area contributed by atoms with Crippen molar-refractivity contribution in [2.75, 3.05) is 12.4 Å². The number of amides is 3. The van der Waals surface area contributed by atoms with Crippen LogP contribution in [0.15, 0.2) is 18.2 Å². The van der Waals surface area contributed by atoms with E-state index >= 15 is 0 Å². The lowest BCUT2D eigenvalue weighted by Crippen LogP contribution is -2.48. The first-order valence-electron chi connectivity index (χ1n) is 5.67. The van der Waals surface area contributed by atoms with Crippen LogP contribution in [0.4, 0.5) is 10.5 Å². The molecule has 1 fully saturated rings. The second-order valence-electron chi connectivity index (χ2n) is 4.57. The van der Waals surface area contributed by atoms with Crippen LogP contribution >= 0.6 is 23.4 Å². The number of halogens is 1. The molecule has 1 aromatic rings. The van der Waals surface area contributed by atoms with Gasteiger partial charge < -0.3 is 10.4 Å². The van der Waals surface area contributed by atoms with Gasteiger partial charge in [0.15, 0.2) is 5.60 Å². The van der Waals surface area contributed by atoms with Crippen molar-refractivity contribution in [2.24, 2.45) is 0 Å². The Bertz CT molecular complexity index is 665. The van der Waals surface area contributed by atoms with Crippen molar-refractivity contribution < 1.29 is 19.5 Å². The molecule has 0 saturated carbocycles. The minimum Gasteiger partial charge on any atom is -0.374 e. The summed E-state index contributed by atoms with van der Waals surface area (Å²) in [5.41, 5.74) is -1.50. The Morgan fingerprint density at radius 1 is 1.40 bits per heavy atom. The third-order valence-electron chi connectivity index (χ3n) is 3.41. The molecule has 3 rings (SSSR count). The molecule has 104 valence electrons. The molecule has 0 radical (unpaired) electrons. The highest BCUT2D eigenvalue weighted by Gasteiger charge is 2.59. The molecular formula is C12H9ClN2O4S. The van der Waals surface area contributed by atoms with Crippen LogP contribution in [-0.4, -0.2) is 39.4 Å². The minimum absolute atomic E-state index is 0.212. The number of nitrogens with one attached hydrogen (secondary N) is 1. The maximum atomic E-state index is 12.1. The van der Waals surface area contributed by atoms with Gasteiger partial charge in [-0.2, -0.15) is 0 Å². The molecule has 20 heavy (non-hydrogen) atoms. The van der Waals surface area contributed by atoms with Crippen LogP contribution in [-0.2, 0) is 15.2 Å². The number of imide groups is 1. The molecule has 8 heteroatoms. The lowest BCUT2D eigenvalue weighted by Gasteiger charge is -2.25. The summed E-state index contributed by atoms with van der Waals surface area (Å²) in [6.45, 7) is 0. The van der Waals surface area contributed by atoms with Gasteiger partial charge in [-0.1, -0.05) is 11.6 Å². The number of carbonyl (C=O) groups excluding carboxylic acids is 3. The minimum atomic E-state index is -2.09. The first-order valence-corrected chi connectivity index (χ1v) is 6.93. The number of hydrogen-bond acceptors (Lipinski definition) is 5. The van der Waals surface area contributed by atoms with Crippen LogP contribution in [0, 0.1) is 0 Å². The Labute approximate surface area is 123 Å². The molecule has 0 spiro atoms. The number of nitrogens with zero attached hydrogens (tertiary/aromatic N) is 1. The Hall–Kier alpha value is -1.57.